The molecule has 3 heterocycles. The maximum Gasteiger partial charge on any atom is 0.352 e. The first-order valence-electron chi connectivity index (χ1n) is 12.1. The lowest BCUT2D eigenvalue weighted by Gasteiger charge is -2.49. The average molecular weight is 656 g/mol. The van der Waals surface area contributed by atoms with Crippen molar-refractivity contribution in [1.29, 1.82) is 0 Å². The van der Waals surface area contributed by atoms with Gasteiger partial charge in [-0.1, -0.05) is 5.16 Å². The van der Waals surface area contributed by atoms with Gasteiger partial charge in [0.2, 0.25) is 10.0 Å². The fourth-order valence-corrected chi connectivity index (χ4v) is 6.85. The minimum absolute atomic E-state index is 0.0461. The molecule has 2 aromatic rings. The van der Waals surface area contributed by atoms with E-state index in [0.717, 1.165) is 40.1 Å². The number of phenols is 1. The van der Waals surface area contributed by atoms with Crippen LogP contribution in [0.3, 0.4) is 0 Å². The minimum atomic E-state index is -3.81. The molecule has 20 heteroatoms. The van der Waals surface area contributed by atoms with Crippen LogP contribution < -0.4 is 21.5 Å². The van der Waals surface area contributed by atoms with Gasteiger partial charge in [-0.05, 0) is 18.2 Å². The van der Waals surface area contributed by atoms with Crippen molar-refractivity contribution in [2.45, 2.75) is 11.4 Å². The molecule has 0 unspecified atom stereocenters. The highest BCUT2D eigenvalue weighted by atomic mass is 32.2. The van der Waals surface area contributed by atoms with E-state index in [-0.39, 0.29) is 51.4 Å². The van der Waals surface area contributed by atoms with Gasteiger partial charge in [0.25, 0.3) is 11.8 Å². The number of aromatic nitrogens is 1. The molecule has 1 aromatic heterocycles. The van der Waals surface area contributed by atoms with E-state index >= 15 is 0 Å². The van der Waals surface area contributed by atoms with Crippen LogP contribution in [-0.2, 0) is 34.0 Å². The number of nitrogen functional groups attached to an aromatic ring is 1. The highest BCUT2D eigenvalue weighted by molar-refractivity contribution is 8.00. The number of hydrogen-bond donors (Lipinski definition) is 6. The molecule has 1 fully saturated rings. The zero-order valence-corrected chi connectivity index (χ0v) is 24.6. The number of nitrogens with zero attached hydrogens (tertiary/aromatic N) is 3. The highest BCUT2D eigenvalue weighted by Crippen LogP contribution is 2.40. The zero-order valence-electron chi connectivity index (χ0n) is 22.2. The Balaban J connectivity index is 1.44. The third-order valence-corrected chi connectivity index (χ3v) is 9.28. The number of fused-ring (bicyclic) bond motifs is 1. The quantitative estimate of drug-likeness (QED) is 0.0531. The molecule has 17 nitrogen and oxygen atoms in total. The number of rotatable bonds is 12. The number of carboxylic acids is 1. The summed E-state index contributed by atoms with van der Waals surface area (Å²) in [5.41, 5.74) is 10.2. The Hall–Kier alpha value is -4.40. The molecule has 0 bridgehead atoms. The predicted octanol–water partition coefficient (Wildman–Crippen LogP) is -0.923. The monoisotopic (exact) mass is 655 g/mol. The number of carbonyl (C=O) groups excluding carboxylic acids is 3. The van der Waals surface area contributed by atoms with E-state index in [9.17, 15) is 37.8 Å². The second-order valence-corrected chi connectivity index (χ2v) is 12.7. The van der Waals surface area contributed by atoms with E-state index in [1.165, 1.54) is 18.6 Å². The second kappa shape index (κ2) is 12.9. The molecule has 0 aliphatic carbocycles. The normalized spacial score (nSPS) is 18.4. The SMILES string of the molecule is CO/N=C(\C(=O)N[C@@H]1C(=O)N2C(C(=O)O)=C(COC(=O)c3ccc(NS(=O)(=O)CCN)c(O)c3)CS[C@H]12)c1csc(N)n1. The molecule has 0 spiro atoms. The van der Waals surface area contributed by atoms with Gasteiger partial charge in [0.15, 0.2) is 10.8 Å². The number of benzene rings is 1. The van der Waals surface area contributed by atoms with Gasteiger partial charge in [0.1, 0.15) is 42.3 Å². The number of oxime groups is 1. The second-order valence-electron chi connectivity index (χ2n) is 8.83. The summed E-state index contributed by atoms with van der Waals surface area (Å²) in [7, 11) is -2.58. The Morgan fingerprint density at radius 2 is 2.05 bits per heavy atom. The smallest absolute Gasteiger partial charge is 0.352 e. The van der Waals surface area contributed by atoms with E-state index in [0.29, 0.717) is 0 Å². The number of esters is 1. The Bertz CT molecular complexity index is 1640. The van der Waals surface area contributed by atoms with Crippen molar-refractivity contribution >= 4 is 73.4 Å². The Labute approximate surface area is 251 Å². The number of phenolic OH excluding ortho intramolecular Hbond substituents is 1. The molecule has 1 aromatic carbocycles. The van der Waals surface area contributed by atoms with Crippen LogP contribution in [0.5, 0.6) is 5.75 Å². The maximum atomic E-state index is 13.0. The molecule has 230 valence electrons. The lowest BCUT2D eigenvalue weighted by atomic mass is 10.0. The summed E-state index contributed by atoms with van der Waals surface area (Å²) in [6, 6.07) is 2.25. The number of anilines is 2. The number of carboxylic acid groups (broad SMARTS) is 1. The summed E-state index contributed by atoms with van der Waals surface area (Å²) in [4.78, 5) is 60.3. The van der Waals surface area contributed by atoms with Crippen LogP contribution in [0.1, 0.15) is 16.1 Å². The molecule has 1 saturated heterocycles. The summed E-state index contributed by atoms with van der Waals surface area (Å²) in [6.45, 7) is -0.637. The van der Waals surface area contributed by atoms with Crippen LogP contribution in [-0.4, -0.2) is 101 Å². The molecule has 0 radical (unpaired) electrons. The van der Waals surface area contributed by atoms with Gasteiger partial charge in [0.05, 0.1) is 17.0 Å². The lowest BCUT2D eigenvalue weighted by Crippen LogP contribution is -2.71. The standard InChI is InChI=1S/C23H25N7O10S3/c1-39-28-15(13-9-42-23(25)26-13)18(32)27-16-19(33)30-17(21(34)35)11(8-41-20(16)30)7-40-22(36)10-2-3-12(14(31)6-10)29-43(37,38)5-4-24/h2-3,6,9,16,20,29,31H,4-5,7-8,24H2,1H3,(H2,25,26)(H,27,32)(H,34,35)/b28-15-/t16-,20-/m1/s1. The van der Waals surface area contributed by atoms with Crippen molar-refractivity contribution in [3.63, 3.8) is 0 Å². The van der Waals surface area contributed by atoms with Gasteiger partial charge < -0.3 is 36.6 Å². The molecule has 2 aliphatic heterocycles. The molecule has 2 amide bonds. The summed E-state index contributed by atoms with van der Waals surface area (Å²) in [5.74, 6) is -4.76. The first-order chi connectivity index (χ1) is 20.4. The summed E-state index contributed by atoms with van der Waals surface area (Å²) < 4.78 is 31.1. The van der Waals surface area contributed by atoms with Gasteiger partial charge in [-0.2, -0.15) is 0 Å². The number of sulfonamides is 1. The van der Waals surface area contributed by atoms with Gasteiger partial charge >= 0.3 is 11.9 Å². The number of aromatic hydroxyl groups is 1. The predicted molar refractivity (Wildman–Crippen MR) is 155 cm³/mol. The fraction of sp³-hybridized carbons (Fsp3) is 0.304. The van der Waals surface area contributed by atoms with Crippen molar-refractivity contribution in [3.8, 4) is 5.75 Å². The minimum Gasteiger partial charge on any atom is -0.506 e. The largest absolute Gasteiger partial charge is 0.506 e. The summed E-state index contributed by atoms with van der Waals surface area (Å²) >= 11 is 2.21. The fourth-order valence-electron chi connectivity index (χ4n) is 4.05. The first-order valence-corrected chi connectivity index (χ1v) is 15.7. The van der Waals surface area contributed by atoms with Crippen LogP contribution >= 0.6 is 23.1 Å². The average Bonchev–Trinajstić information content (AvgIpc) is 3.38. The number of nitrogens with two attached hydrogens (primary N) is 2. The Morgan fingerprint density at radius 1 is 1.30 bits per heavy atom. The van der Waals surface area contributed by atoms with Gasteiger partial charge in [-0.15, -0.1) is 23.1 Å². The third kappa shape index (κ3) is 6.82. The maximum absolute atomic E-state index is 13.0. The van der Waals surface area contributed by atoms with Crippen molar-refractivity contribution < 1.29 is 47.4 Å². The number of ether oxygens (including phenoxy) is 1. The highest BCUT2D eigenvalue weighted by Gasteiger charge is 2.54. The van der Waals surface area contributed by atoms with E-state index in [1.807, 2.05) is 0 Å². The third-order valence-electron chi connectivity index (χ3n) is 5.96. The van der Waals surface area contributed by atoms with Crippen molar-refractivity contribution in [3.05, 3.63) is 46.1 Å². The van der Waals surface area contributed by atoms with Crippen LogP contribution in [0.2, 0.25) is 0 Å². The molecule has 0 saturated carbocycles. The van der Waals surface area contributed by atoms with Crippen molar-refractivity contribution in [1.82, 2.24) is 15.2 Å². The molecular formula is C23H25N7O10S3. The topological polar surface area (TPSA) is 266 Å². The first kappa shape index (κ1) is 31.5. The van der Waals surface area contributed by atoms with E-state index in [2.05, 4.69) is 20.2 Å². The number of aliphatic carboxylic acids is 1. The summed E-state index contributed by atoms with van der Waals surface area (Å²) in [6.07, 6.45) is 0. The molecule has 8 N–H and O–H groups in total. The van der Waals surface area contributed by atoms with Crippen LogP contribution in [0.25, 0.3) is 0 Å². The number of β-lactam (4-membered cyclic amide) rings is 1. The molecule has 2 atom stereocenters. The molecular weight excluding hydrogens is 630 g/mol. The van der Waals surface area contributed by atoms with Crippen LogP contribution in [0, 0.1) is 0 Å². The molecule has 2 aliphatic rings. The lowest BCUT2D eigenvalue weighted by molar-refractivity contribution is -0.150. The van der Waals surface area contributed by atoms with E-state index in [1.54, 1.807) is 0 Å². The number of amides is 2. The Kier molecular flexibility index (Phi) is 9.43. The van der Waals surface area contributed by atoms with Gasteiger partial charge in [-0.25, -0.2) is 23.0 Å². The van der Waals surface area contributed by atoms with Crippen molar-refractivity contribution in [2.24, 2.45) is 10.9 Å². The Morgan fingerprint density at radius 3 is 2.65 bits per heavy atom. The number of nitrogens with one attached hydrogen (secondary N) is 2. The van der Waals surface area contributed by atoms with E-state index < -0.39 is 63.2 Å². The van der Waals surface area contributed by atoms with Gasteiger partial charge in [-0.3, -0.25) is 19.2 Å². The number of thiazole rings is 1. The molecule has 4 rings (SSSR count). The van der Waals surface area contributed by atoms with Gasteiger partial charge in [0, 0.05) is 23.3 Å². The van der Waals surface area contributed by atoms with Crippen LogP contribution in [0.15, 0.2) is 40.0 Å². The number of hydrogen-bond acceptors (Lipinski definition) is 15. The number of carbonyl (C=O) groups is 4. The number of thioether (sulfide) groups is 1. The zero-order chi connectivity index (χ0) is 31.5. The summed E-state index contributed by atoms with van der Waals surface area (Å²) in [5, 5.41) is 27.1. The van der Waals surface area contributed by atoms with Crippen molar-refractivity contribution in [2.75, 3.05) is 42.2 Å². The van der Waals surface area contributed by atoms with Crippen LogP contribution in [0.4, 0.5) is 10.8 Å². The van der Waals surface area contributed by atoms with E-state index in [4.69, 9.17) is 21.0 Å². The molecule has 43 heavy (non-hydrogen) atoms.